The molecule has 2 aromatic carbocycles. The average Bonchev–Trinajstić information content (AvgIpc) is 2.78. The topological polar surface area (TPSA) is 61.6 Å². The van der Waals surface area contributed by atoms with E-state index in [2.05, 4.69) is 19.9 Å². The van der Waals surface area contributed by atoms with Crippen molar-refractivity contribution in [2.24, 2.45) is 11.1 Å². The van der Waals surface area contributed by atoms with E-state index in [1.54, 1.807) is 0 Å². The normalized spacial score (nSPS) is 17.8. The van der Waals surface area contributed by atoms with E-state index in [1.165, 1.54) is 0 Å². The summed E-state index contributed by atoms with van der Waals surface area (Å²) in [7, 11) is 0. The second-order valence-corrected chi connectivity index (χ2v) is 8.14. The van der Waals surface area contributed by atoms with Gasteiger partial charge in [0.25, 0.3) is 0 Å². The molecule has 2 N–H and O–H groups in total. The smallest absolute Gasteiger partial charge is 0.405 e. The summed E-state index contributed by atoms with van der Waals surface area (Å²) in [6.45, 7) is 8.14. The minimum atomic E-state index is -0.748. The van der Waals surface area contributed by atoms with Crippen LogP contribution in [0.15, 0.2) is 36.4 Å². The van der Waals surface area contributed by atoms with Gasteiger partial charge < -0.3 is 15.2 Å². The van der Waals surface area contributed by atoms with Gasteiger partial charge in [0.2, 0.25) is 0 Å². The third-order valence-corrected chi connectivity index (χ3v) is 4.87. The molecule has 4 nitrogen and oxygen atoms in total. The molecule has 138 valence electrons. The first-order chi connectivity index (χ1) is 12.2. The fourth-order valence-corrected chi connectivity index (χ4v) is 3.78. The molecule has 0 bridgehead atoms. The molecule has 2 aromatic rings. The Balaban J connectivity index is 2.04. The SMILES string of the molecule is CC(C)Oc1ccc(Cl)cc1-c1ccc2c(c1)CC(C)(C)C2OC(N)=O. The number of fused-ring (bicyclic) bond motifs is 1. The summed E-state index contributed by atoms with van der Waals surface area (Å²) >= 11 is 6.22. The Bertz CT molecular complexity index is 845. The van der Waals surface area contributed by atoms with Crippen molar-refractivity contribution >= 4 is 17.7 Å². The summed E-state index contributed by atoms with van der Waals surface area (Å²) in [5.41, 5.74) is 9.18. The Morgan fingerprint density at radius 3 is 2.62 bits per heavy atom. The Hall–Kier alpha value is -2.20. The van der Waals surface area contributed by atoms with Crippen LogP contribution in [0.5, 0.6) is 5.75 Å². The van der Waals surface area contributed by atoms with Gasteiger partial charge in [0.05, 0.1) is 6.10 Å². The summed E-state index contributed by atoms with van der Waals surface area (Å²) in [5.74, 6) is 0.798. The van der Waals surface area contributed by atoms with Gasteiger partial charge in [0.15, 0.2) is 0 Å². The quantitative estimate of drug-likeness (QED) is 0.768. The number of hydrogen-bond donors (Lipinski definition) is 1. The summed E-state index contributed by atoms with van der Waals surface area (Å²) in [6.07, 6.45) is -0.219. The molecule has 0 saturated heterocycles. The Kier molecular flexibility index (Phi) is 4.89. The van der Waals surface area contributed by atoms with Crippen molar-refractivity contribution in [2.45, 2.75) is 46.3 Å². The number of carbonyl (C=O) groups is 1. The van der Waals surface area contributed by atoms with Crippen LogP contribution in [0.2, 0.25) is 5.02 Å². The molecular weight excluding hydrogens is 350 g/mol. The number of hydrogen-bond acceptors (Lipinski definition) is 3. The van der Waals surface area contributed by atoms with Crippen molar-refractivity contribution in [3.63, 3.8) is 0 Å². The van der Waals surface area contributed by atoms with Crippen LogP contribution in [-0.2, 0) is 11.2 Å². The Morgan fingerprint density at radius 2 is 1.96 bits per heavy atom. The van der Waals surface area contributed by atoms with Crippen LogP contribution in [-0.4, -0.2) is 12.2 Å². The van der Waals surface area contributed by atoms with Crippen LogP contribution >= 0.6 is 11.6 Å². The highest BCUT2D eigenvalue weighted by molar-refractivity contribution is 6.31. The standard InChI is InChI=1S/C21H24ClNO3/c1-12(2)25-18-8-6-15(22)10-17(18)13-5-7-16-14(9-13)11-21(3,4)19(16)26-20(23)24/h5-10,12,19H,11H2,1-4H3,(H2,23,24). The lowest BCUT2D eigenvalue weighted by Crippen LogP contribution is -2.25. The third-order valence-electron chi connectivity index (χ3n) is 4.63. The largest absolute Gasteiger partial charge is 0.490 e. The van der Waals surface area contributed by atoms with E-state index in [0.29, 0.717) is 5.02 Å². The second kappa shape index (κ2) is 6.84. The first kappa shape index (κ1) is 18.6. The fourth-order valence-electron chi connectivity index (χ4n) is 3.61. The third kappa shape index (κ3) is 3.65. The van der Waals surface area contributed by atoms with Crippen molar-refractivity contribution in [1.29, 1.82) is 0 Å². The Morgan fingerprint density at radius 1 is 1.23 bits per heavy atom. The molecule has 0 radical (unpaired) electrons. The lowest BCUT2D eigenvalue weighted by molar-refractivity contribution is 0.0392. The molecular formula is C21H24ClNO3. The van der Waals surface area contributed by atoms with Crippen molar-refractivity contribution in [1.82, 2.24) is 0 Å². The minimum Gasteiger partial charge on any atom is -0.490 e. The summed E-state index contributed by atoms with van der Waals surface area (Å²) in [4.78, 5) is 11.3. The molecule has 0 heterocycles. The molecule has 1 atom stereocenters. The van der Waals surface area contributed by atoms with Gasteiger partial charge in [-0.15, -0.1) is 0 Å². The predicted molar refractivity (Wildman–Crippen MR) is 104 cm³/mol. The van der Waals surface area contributed by atoms with E-state index in [-0.39, 0.29) is 17.6 Å². The highest BCUT2D eigenvalue weighted by Gasteiger charge is 2.41. The maximum absolute atomic E-state index is 11.3. The van der Waals surface area contributed by atoms with Crippen molar-refractivity contribution < 1.29 is 14.3 Å². The number of rotatable bonds is 4. The van der Waals surface area contributed by atoms with Gasteiger partial charge in [-0.05, 0) is 55.2 Å². The highest BCUT2D eigenvalue weighted by Crippen LogP contribution is 2.48. The van der Waals surface area contributed by atoms with E-state index >= 15 is 0 Å². The van der Waals surface area contributed by atoms with Gasteiger partial charge in [-0.1, -0.05) is 43.6 Å². The summed E-state index contributed by atoms with van der Waals surface area (Å²) in [5, 5.41) is 0.659. The number of amides is 1. The number of ether oxygens (including phenoxy) is 2. The summed E-state index contributed by atoms with van der Waals surface area (Å²) < 4.78 is 11.3. The molecule has 0 spiro atoms. The average molecular weight is 374 g/mol. The molecule has 26 heavy (non-hydrogen) atoms. The molecule has 0 aromatic heterocycles. The molecule has 5 heteroatoms. The van der Waals surface area contributed by atoms with Gasteiger partial charge in [-0.25, -0.2) is 4.79 Å². The zero-order valence-corrected chi connectivity index (χ0v) is 16.3. The number of benzene rings is 2. The van der Waals surface area contributed by atoms with E-state index in [9.17, 15) is 4.79 Å². The van der Waals surface area contributed by atoms with Gasteiger partial charge in [0.1, 0.15) is 11.9 Å². The van der Waals surface area contributed by atoms with Crippen molar-refractivity contribution in [2.75, 3.05) is 0 Å². The summed E-state index contributed by atoms with van der Waals surface area (Å²) in [6, 6.07) is 11.8. The molecule has 0 aliphatic heterocycles. The number of nitrogens with two attached hydrogens (primary N) is 1. The van der Waals surface area contributed by atoms with Crippen LogP contribution < -0.4 is 10.5 Å². The molecule has 0 fully saturated rings. The van der Waals surface area contributed by atoms with E-state index in [0.717, 1.165) is 34.4 Å². The highest BCUT2D eigenvalue weighted by atomic mass is 35.5. The molecule has 1 aliphatic carbocycles. The van der Waals surface area contributed by atoms with Crippen LogP contribution in [0.3, 0.4) is 0 Å². The Labute approximate surface area is 159 Å². The van der Waals surface area contributed by atoms with Gasteiger partial charge in [0, 0.05) is 16.0 Å². The molecule has 0 saturated carbocycles. The lowest BCUT2D eigenvalue weighted by atomic mass is 9.87. The molecule has 3 rings (SSSR count). The zero-order chi connectivity index (χ0) is 19.1. The first-order valence-electron chi connectivity index (χ1n) is 8.73. The number of carbonyl (C=O) groups excluding carboxylic acids is 1. The molecule has 1 aliphatic rings. The van der Waals surface area contributed by atoms with E-state index < -0.39 is 6.09 Å². The van der Waals surface area contributed by atoms with Crippen LogP contribution in [0.25, 0.3) is 11.1 Å². The number of halogens is 1. The maximum atomic E-state index is 11.3. The van der Waals surface area contributed by atoms with Crippen molar-refractivity contribution in [3.05, 3.63) is 52.5 Å². The predicted octanol–water partition coefficient (Wildman–Crippen LogP) is 5.51. The maximum Gasteiger partial charge on any atom is 0.405 e. The minimum absolute atomic E-state index is 0.0663. The first-order valence-corrected chi connectivity index (χ1v) is 9.10. The molecule has 1 amide bonds. The van der Waals surface area contributed by atoms with Crippen LogP contribution in [0.4, 0.5) is 4.79 Å². The molecule has 1 unspecified atom stereocenters. The van der Waals surface area contributed by atoms with E-state index in [4.69, 9.17) is 26.8 Å². The second-order valence-electron chi connectivity index (χ2n) is 7.70. The van der Waals surface area contributed by atoms with Gasteiger partial charge in [-0.2, -0.15) is 0 Å². The van der Waals surface area contributed by atoms with Crippen LogP contribution in [0.1, 0.15) is 44.9 Å². The zero-order valence-electron chi connectivity index (χ0n) is 15.5. The van der Waals surface area contributed by atoms with Crippen molar-refractivity contribution in [3.8, 4) is 16.9 Å². The lowest BCUT2D eigenvalue weighted by Gasteiger charge is -2.26. The van der Waals surface area contributed by atoms with Gasteiger partial charge in [-0.3, -0.25) is 0 Å². The van der Waals surface area contributed by atoms with Gasteiger partial charge >= 0.3 is 6.09 Å². The van der Waals surface area contributed by atoms with Crippen LogP contribution in [0, 0.1) is 5.41 Å². The number of primary amides is 1. The van der Waals surface area contributed by atoms with E-state index in [1.807, 2.05) is 44.2 Å². The fraction of sp³-hybridized carbons (Fsp3) is 0.381. The monoisotopic (exact) mass is 373 g/mol.